The average Bonchev–Trinajstić information content (AvgIpc) is 2.28. The van der Waals surface area contributed by atoms with E-state index in [9.17, 15) is 4.79 Å². The fraction of sp³-hybridized carbons (Fsp3) is 0.882. The molecule has 1 saturated heterocycles. The van der Waals surface area contributed by atoms with Crippen LogP contribution in [-0.4, -0.2) is 47.0 Å². The van der Waals surface area contributed by atoms with E-state index >= 15 is 0 Å². The molecule has 0 aromatic carbocycles. The van der Waals surface area contributed by atoms with Crippen LogP contribution in [0.3, 0.4) is 0 Å². The van der Waals surface area contributed by atoms with E-state index in [-0.39, 0.29) is 11.1 Å². The van der Waals surface area contributed by atoms with Gasteiger partial charge in [0, 0.05) is 30.2 Å². The summed E-state index contributed by atoms with van der Waals surface area (Å²) in [6.07, 6.45) is 1.60. The molecule has 1 rings (SSSR count). The second-order valence-electron chi connectivity index (χ2n) is 8.83. The van der Waals surface area contributed by atoms with Gasteiger partial charge in [-0.2, -0.15) is 0 Å². The Balaban J connectivity index is 2.28. The first-order chi connectivity index (χ1) is 10.8. The lowest BCUT2D eigenvalue weighted by molar-refractivity contribution is 0.0528. The lowest BCUT2D eigenvalue weighted by Crippen LogP contribution is -2.62. The summed E-state index contributed by atoms with van der Waals surface area (Å²) in [7, 11) is 0. The Kier molecular flexibility index (Phi) is 6.87. The molecule has 0 atom stereocenters. The third-order valence-electron chi connectivity index (χ3n) is 3.60. The van der Waals surface area contributed by atoms with Gasteiger partial charge in [-0.25, -0.2) is 4.79 Å². The molecule has 1 aliphatic heterocycles. The van der Waals surface area contributed by atoms with E-state index < -0.39 is 11.7 Å². The molecule has 0 bridgehead atoms. The number of hydrogen-bond donors (Lipinski definition) is 4. The zero-order valence-electron chi connectivity index (χ0n) is 16.1. The molecule has 6 nitrogen and oxygen atoms in total. The first-order valence-corrected chi connectivity index (χ1v) is 8.99. The van der Waals surface area contributed by atoms with Crippen LogP contribution in [-0.2, 0) is 4.74 Å². The Morgan fingerprint density at radius 1 is 1.12 bits per heavy atom. The van der Waals surface area contributed by atoms with Crippen LogP contribution in [0.4, 0.5) is 4.79 Å². The number of piperidine rings is 1. The van der Waals surface area contributed by atoms with Crippen molar-refractivity contribution in [3.63, 3.8) is 0 Å². The lowest BCUT2D eigenvalue weighted by atomic mass is 9.80. The fourth-order valence-electron chi connectivity index (χ4n) is 3.32. The van der Waals surface area contributed by atoms with E-state index in [2.05, 4.69) is 49.0 Å². The predicted octanol–water partition coefficient (Wildman–Crippen LogP) is 2.28. The standard InChI is InChI=1S/C17H34N4O2S/c1-15(2,3)23-14(22)19-9-8-18-13(24)20-12-10-16(4,5)21-17(6,7)11-12/h12,21H,8-11H2,1-7H3,(H,19,22)(H2,18,20,24). The Labute approximate surface area is 151 Å². The summed E-state index contributed by atoms with van der Waals surface area (Å²) in [6, 6.07) is 0.329. The van der Waals surface area contributed by atoms with Gasteiger partial charge in [0.05, 0.1) is 0 Å². The first kappa shape index (κ1) is 21.0. The van der Waals surface area contributed by atoms with Gasteiger partial charge in [-0.1, -0.05) is 0 Å². The molecule has 140 valence electrons. The zero-order chi connectivity index (χ0) is 18.6. The molecule has 4 N–H and O–H groups in total. The normalized spacial score (nSPS) is 20.1. The molecular formula is C17H34N4O2S. The predicted molar refractivity (Wildman–Crippen MR) is 102 cm³/mol. The fourth-order valence-corrected chi connectivity index (χ4v) is 3.58. The highest BCUT2D eigenvalue weighted by molar-refractivity contribution is 7.80. The van der Waals surface area contributed by atoms with Gasteiger partial charge in [0.25, 0.3) is 0 Å². The van der Waals surface area contributed by atoms with Crippen molar-refractivity contribution >= 4 is 23.4 Å². The third-order valence-corrected chi connectivity index (χ3v) is 3.87. The molecule has 0 aliphatic carbocycles. The van der Waals surface area contributed by atoms with E-state index in [1.807, 2.05) is 20.8 Å². The van der Waals surface area contributed by atoms with Crippen LogP contribution in [0.2, 0.25) is 0 Å². The molecule has 0 saturated carbocycles. The molecule has 0 spiro atoms. The maximum atomic E-state index is 11.5. The number of ether oxygens (including phenoxy) is 1. The average molecular weight is 359 g/mol. The summed E-state index contributed by atoms with van der Waals surface area (Å²) >= 11 is 5.36. The first-order valence-electron chi connectivity index (χ1n) is 8.59. The van der Waals surface area contributed by atoms with Crippen LogP contribution in [0, 0.1) is 0 Å². The van der Waals surface area contributed by atoms with Gasteiger partial charge in [0.2, 0.25) is 0 Å². The van der Waals surface area contributed by atoms with Crippen LogP contribution in [0.1, 0.15) is 61.3 Å². The van der Waals surface area contributed by atoms with E-state index in [4.69, 9.17) is 17.0 Å². The molecule has 1 amide bonds. The maximum Gasteiger partial charge on any atom is 0.407 e. The molecule has 24 heavy (non-hydrogen) atoms. The number of rotatable bonds is 4. The Hall–Kier alpha value is -1.08. The van der Waals surface area contributed by atoms with Crippen LogP contribution >= 0.6 is 12.2 Å². The Morgan fingerprint density at radius 3 is 2.12 bits per heavy atom. The van der Waals surface area contributed by atoms with E-state index in [0.717, 1.165) is 12.8 Å². The summed E-state index contributed by atoms with van der Waals surface area (Å²) in [5.74, 6) is 0. The van der Waals surface area contributed by atoms with Gasteiger partial charge in [0.1, 0.15) is 5.60 Å². The van der Waals surface area contributed by atoms with Crippen molar-refractivity contribution in [3.05, 3.63) is 0 Å². The number of alkyl carbamates (subject to hydrolysis) is 1. The van der Waals surface area contributed by atoms with Gasteiger partial charge in [0.15, 0.2) is 5.11 Å². The second kappa shape index (κ2) is 7.87. The summed E-state index contributed by atoms with van der Waals surface area (Å²) in [6.45, 7) is 15.4. The minimum absolute atomic E-state index is 0.0767. The van der Waals surface area contributed by atoms with Crippen molar-refractivity contribution < 1.29 is 9.53 Å². The largest absolute Gasteiger partial charge is 0.444 e. The summed E-state index contributed by atoms with van der Waals surface area (Å²) in [5, 5.41) is 13.5. The monoisotopic (exact) mass is 358 g/mol. The summed E-state index contributed by atoms with van der Waals surface area (Å²) < 4.78 is 5.18. The van der Waals surface area contributed by atoms with Crippen molar-refractivity contribution in [1.29, 1.82) is 0 Å². The van der Waals surface area contributed by atoms with Crippen LogP contribution < -0.4 is 21.3 Å². The van der Waals surface area contributed by atoms with Gasteiger partial charge >= 0.3 is 6.09 Å². The molecule has 0 unspecified atom stereocenters. The molecule has 1 heterocycles. The minimum Gasteiger partial charge on any atom is -0.444 e. The molecular weight excluding hydrogens is 324 g/mol. The van der Waals surface area contributed by atoms with Crippen molar-refractivity contribution in [3.8, 4) is 0 Å². The zero-order valence-corrected chi connectivity index (χ0v) is 16.9. The number of amides is 1. The lowest BCUT2D eigenvalue weighted by Gasteiger charge is -2.46. The number of carbonyl (C=O) groups excluding carboxylic acids is 1. The van der Waals surface area contributed by atoms with Gasteiger partial charge in [-0.3, -0.25) is 0 Å². The van der Waals surface area contributed by atoms with Gasteiger partial charge in [-0.15, -0.1) is 0 Å². The molecule has 1 fully saturated rings. The molecule has 7 heteroatoms. The highest BCUT2D eigenvalue weighted by atomic mass is 32.1. The van der Waals surface area contributed by atoms with Crippen molar-refractivity contribution in [2.24, 2.45) is 0 Å². The number of thiocarbonyl (C=S) groups is 1. The molecule has 0 aromatic heterocycles. The van der Waals surface area contributed by atoms with Gasteiger partial charge in [-0.05, 0) is 73.5 Å². The SMILES string of the molecule is CC1(C)CC(NC(=S)NCCNC(=O)OC(C)(C)C)CC(C)(C)N1. The van der Waals surface area contributed by atoms with E-state index in [1.165, 1.54) is 0 Å². The van der Waals surface area contributed by atoms with E-state index in [1.54, 1.807) is 0 Å². The van der Waals surface area contributed by atoms with Crippen molar-refractivity contribution in [2.75, 3.05) is 13.1 Å². The van der Waals surface area contributed by atoms with Crippen LogP contribution in [0.5, 0.6) is 0 Å². The minimum atomic E-state index is -0.483. The smallest absolute Gasteiger partial charge is 0.407 e. The van der Waals surface area contributed by atoms with Crippen molar-refractivity contribution in [2.45, 2.75) is 84.0 Å². The highest BCUT2D eigenvalue weighted by Crippen LogP contribution is 2.28. The molecule has 1 aliphatic rings. The summed E-state index contributed by atoms with van der Waals surface area (Å²) in [4.78, 5) is 11.5. The van der Waals surface area contributed by atoms with Crippen LogP contribution in [0.15, 0.2) is 0 Å². The third kappa shape index (κ3) is 8.68. The second-order valence-corrected chi connectivity index (χ2v) is 9.24. The quantitative estimate of drug-likeness (QED) is 0.456. The molecule has 0 aromatic rings. The molecule has 0 radical (unpaired) electrons. The Morgan fingerprint density at radius 2 is 1.62 bits per heavy atom. The number of carbonyl (C=O) groups is 1. The van der Waals surface area contributed by atoms with E-state index in [0.29, 0.717) is 24.2 Å². The van der Waals surface area contributed by atoms with Crippen LogP contribution in [0.25, 0.3) is 0 Å². The topological polar surface area (TPSA) is 74.4 Å². The maximum absolute atomic E-state index is 11.5. The van der Waals surface area contributed by atoms with Crippen molar-refractivity contribution in [1.82, 2.24) is 21.3 Å². The Bertz CT molecular complexity index is 442. The summed E-state index contributed by atoms with van der Waals surface area (Å²) in [5.41, 5.74) is -0.330. The number of nitrogens with one attached hydrogen (secondary N) is 4. The van der Waals surface area contributed by atoms with Gasteiger partial charge < -0.3 is 26.0 Å². The highest BCUT2D eigenvalue weighted by Gasteiger charge is 2.37. The number of hydrogen-bond acceptors (Lipinski definition) is 4.